The average molecular weight is 247 g/mol. The molecule has 0 spiro atoms. The lowest BCUT2D eigenvalue weighted by atomic mass is 9.98. The fraction of sp³-hybridized carbons (Fsp3) is 0.500. The largest absolute Gasteiger partial charge is 0.329 e. The monoisotopic (exact) mass is 247 g/mol. The molecular formula is C14H21N3O. The van der Waals surface area contributed by atoms with Crippen molar-refractivity contribution < 1.29 is 4.79 Å². The molecule has 1 aliphatic rings. The number of amides is 2. The van der Waals surface area contributed by atoms with Gasteiger partial charge in [-0.3, -0.25) is 0 Å². The Morgan fingerprint density at radius 3 is 2.78 bits per heavy atom. The van der Waals surface area contributed by atoms with Crippen molar-refractivity contribution in [1.82, 2.24) is 9.80 Å². The van der Waals surface area contributed by atoms with Crippen molar-refractivity contribution in [3.63, 3.8) is 0 Å². The number of hydrogen-bond acceptors (Lipinski definition) is 2. The fourth-order valence-electron chi connectivity index (χ4n) is 2.56. The molecule has 1 saturated heterocycles. The zero-order valence-corrected chi connectivity index (χ0v) is 11.3. The summed E-state index contributed by atoms with van der Waals surface area (Å²) in [5.41, 5.74) is 9.31. The van der Waals surface area contributed by atoms with E-state index in [9.17, 15) is 4.79 Å². The van der Waals surface area contributed by atoms with Gasteiger partial charge >= 0.3 is 6.03 Å². The smallest absolute Gasteiger partial charge is 0.320 e. The lowest BCUT2D eigenvalue weighted by molar-refractivity contribution is 0.192. The molecule has 0 bridgehead atoms. The first-order valence-electron chi connectivity index (χ1n) is 6.33. The third-order valence-corrected chi connectivity index (χ3v) is 3.56. The lowest BCUT2D eigenvalue weighted by Crippen LogP contribution is -2.35. The normalized spacial score (nSPS) is 19.8. The summed E-state index contributed by atoms with van der Waals surface area (Å²) in [5, 5.41) is 0. The van der Waals surface area contributed by atoms with E-state index in [0.717, 1.165) is 6.54 Å². The van der Waals surface area contributed by atoms with Gasteiger partial charge in [0.05, 0.1) is 6.04 Å². The van der Waals surface area contributed by atoms with E-state index in [2.05, 4.69) is 32.0 Å². The van der Waals surface area contributed by atoms with Crippen LogP contribution in [0.1, 0.15) is 22.7 Å². The Labute approximate surface area is 108 Å². The molecule has 0 aromatic heterocycles. The van der Waals surface area contributed by atoms with Gasteiger partial charge in [0.25, 0.3) is 0 Å². The highest BCUT2D eigenvalue weighted by Gasteiger charge is 2.35. The lowest BCUT2D eigenvalue weighted by Gasteiger charge is -2.24. The molecule has 1 aromatic carbocycles. The van der Waals surface area contributed by atoms with Crippen LogP contribution in [0.4, 0.5) is 4.79 Å². The molecule has 1 heterocycles. The molecule has 4 heteroatoms. The molecule has 98 valence electrons. The summed E-state index contributed by atoms with van der Waals surface area (Å²) < 4.78 is 0. The van der Waals surface area contributed by atoms with Gasteiger partial charge in [-0.1, -0.05) is 23.8 Å². The van der Waals surface area contributed by atoms with Crippen LogP contribution in [0.2, 0.25) is 0 Å². The molecule has 2 rings (SSSR count). The van der Waals surface area contributed by atoms with Crippen molar-refractivity contribution in [2.75, 3.05) is 26.7 Å². The second-order valence-corrected chi connectivity index (χ2v) is 5.02. The highest BCUT2D eigenvalue weighted by atomic mass is 16.2. The van der Waals surface area contributed by atoms with Crippen LogP contribution in [0.5, 0.6) is 0 Å². The van der Waals surface area contributed by atoms with Crippen molar-refractivity contribution in [2.24, 2.45) is 5.73 Å². The number of carbonyl (C=O) groups excluding carboxylic acids is 1. The number of carbonyl (C=O) groups is 1. The molecule has 0 radical (unpaired) electrons. The van der Waals surface area contributed by atoms with Gasteiger partial charge in [-0.15, -0.1) is 0 Å². The van der Waals surface area contributed by atoms with Gasteiger partial charge in [0.1, 0.15) is 0 Å². The Kier molecular flexibility index (Phi) is 3.57. The van der Waals surface area contributed by atoms with Crippen LogP contribution in [0.3, 0.4) is 0 Å². The summed E-state index contributed by atoms with van der Waals surface area (Å²) >= 11 is 0. The molecule has 1 aromatic rings. The van der Waals surface area contributed by atoms with E-state index in [0.29, 0.717) is 13.1 Å². The topological polar surface area (TPSA) is 49.6 Å². The van der Waals surface area contributed by atoms with Crippen molar-refractivity contribution in [3.8, 4) is 0 Å². The van der Waals surface area contributed by atoms with Crippen LogP contribution in [0, 0.1) is 13.8 Å². The van der Waals surface area contributed by atoms with E-state index < -0.39 is 0 Å². The zero-order chi connectivity index (χ0) is 13.3. The van der Waals surface area contributed by atoms with Crippen molar-refractivity contribution in [2.45, 2.75) is 19.9 Å². The van der Waals surface area contributed by atoms with Gasteiger partial charge in [-0.05, 0) is 25.0 Å². The van der Waals surface area contributed by atoms with Crippen molar-refractivity contribution in [3.05, 3.63) is 34.9 Å². The summed E-state index contributed by atoms with van der Waals surface area (Å²) in [6.45, 7) is 6.03. The molecule has 1 aliphatic heterocycles. The summed E-state index contributed by atoms with van der Waals surface area (Å²) in [6, 6.07) is 6.61. The maximum atomic E-state index is 12.1. The van der Waals surface area contributed by atoms with Gasteiger partial charge in [0, 0.05) is 26.7 Å². The van der Waals surface area contributed by atoms with Crippen LogP contribution < -0.4 is 5.73 Å². The third kappa shape index (κ3) is 2.20. The van der Waals surface area contributed by atoms with Crippen LogP contribution >= 0.6 is 0 Å². The van der Waals surface area contributed by atoms with E-state index in [1.54, 1.807) is 4.90 Å². The molecule has 0 saturated carbocycles. The first-order valence-corrected chi connectivity index (χ1v) is 6.33. The zero-order valence-electron chi connectivity index (χ0n) is 11.3. The first-order chi connectivity index (χ1) is 8.54. The molecule has 4 nitrogen and oxygen atoms in total. The first kappa shape index (κ1) is 12.9. The average Bonchev–Trinajstić information content (AvgIpc) is 2.61. The summed E-state index contributed by atoms with van der Waals surface area (Å²) in [5.74, 6) is 0. The standard InChI is InChI=1S/C14H21N3O/c1-10-4-5-11(2)12(8-10)13-9-16(3)14(18)17(13)7-6-15/h4-5,8,13H,6-7,9,15H2,1-3H3. The van der Waals surface area contributed by atoms with E-state index in [-0.39, 0.29) is 12.1 Å². The maximum absolute atomic E-state index is 12.1. The fourth-order valence-corrected chi connectivity index (χ4v) is 2.56. The molecule has 1 atom stereocenters. The second kappa shape index (κ2) is 4.98. The number of nitrogens with two attached hydrogens (primary N) is 1. The third-order valence-electron chi connectivity index (χ3n) is 3.56. The molecule has 0 aliphatic carbocycles. The minimum Gasteiger partial charge on any atom is -0.329 e. The number of hydrogen-bond donors (Lipinski definition) is 1. The number of likely N-dealkylation sites (N-methyl/N-ethyl adjacent to an activating group) is 1. The molecule has 1 fully saturated rings. The molecule has 2 amide bonds. The van der Waals surface area contributed by atoms with Crippen molar-refractivity contribution in [1.29, 1.82) is 0 Å². The van der Waals surface area contributed by atoms with E-state index >= 15 is 0 Å². The van der Waals surface area contributed by atoms with Gasteiger partial charge in [0.2, 0.25) is 0 Å². The van der Waals surface area contributed by atoms with Gasteiger partial charge in [-0.25, -0.2) is 4.79 Å². The Morgan fingerprint density at radius 2 is 2.11 bits per heavy atom. The Hall–Kier alpha value is -1.55. The summed E-state index contributed by atoms with van der Waals surface area (Å²) in [6.07, 6.45) is 0. The van der Waals surface area contributed by atoms with E-state index in [1.807, 2.05) is 11.9 Å². The van der Waals surface area contributed by atoms with E-state index in [4.69, 9.17) is 5.73 Å². The number of nitrogens with zero attached hydrogens (tertiary/aromatic N) is 2. The van der Waals surface area contributed by atoms with E-state index in [1.165, 1.54) is 16.7 Å². The molecular weight excluding hydrogens is 226 g/mol. The Balaban J connectivity index is 2.36. The highest BCUT2D eigenvalue weighted by Crippen LogP contribution is 2.30. The van der Waals surface area contributed by atoms with Crippen LogP contribution in [-0.2, 0) is 0 Å². The molecule has 1 unspecified atom stereocenters. The predicted molar refractivity (Wildman–Crippen MR) is 72.4 cm³/mol. The number of urea groups is 1. The maximum Gasteiger partial charge on any atom is 0.320 e. The predicted octanol–water partition coefficient (Wildman–Crippen LogP) is 1.67. The SMILES string of the molecule is Cc1ccc(C)c(C2CN(C)C(=O)N2CCN)c1. The highest BCUT2D eigenvalue weighted by molar-refractivity contribution is 5.77. The Bertz CT molecular complexity index is 458. The van der Waals surface area contributed by atoms with Crippen LogP contribution in [0.15, 0.2) is 18.2 Å². The molecule has 2 N–H and O–H groups in total. The van der Waals surface area contributed by atoms with Crippen LogP contribution in [-0.4, -0.2) is 42.5 Å². The minimum absolute atomic E-state index is 0.0753. The van der Waals surface area contributed by atoms with Gasteiger partial charge in [0.15, 0.2) is 0 Å². The number of benzene rings is 1. The molecule has 18 heavy (non-hydrogen) atoms. The quantitative estimate of drug-likeness (QED) is 0.883. The second-order valence-electron chi connectivity index (χ2n) is 5.02. The van der Waals surface area contributed by atoms with Gasteiger partial charge < -0.3 is 15.5 Å². The number of aryl methyl sites for hydroxylation is 2. The summed E-state index contributed by atoms with van der Waals surface area (Å²) in [7, 11) is 1.84. The van der Waals surface area contributed by atoms with Crippen LogP contribution in [0.25, 0.3) is 0 Å². The van der Waals surface area contributed by atoms with Crippen molar-refractivity contribution >= 4 is 6.03 Å². The van der Waals surface area contributed by atoms with Gasteiger partial charge in [-0.2, -0.15) is 0 Å². The minimum atomic E-state index is 0.0753. The Morgan fingerprint density at radius 1 is 1.39 bits per heavy atom. The summed E-state index contributed by atoms with van der Waals surface area (Å²) in [4.78, 5) is 15.7. The number of rotatable bonds is 3.